The van der Waals surface area contributed by atoms with Gasteiger partial charge in [0.15, 0.2) is 0 Å². The molecule has 0 aliphatic carbocycles. The summed E-state index contributed by atoms with van der Waals surface area (Å²) in [5, 5.41) is 8.10. The molecule has 146 valence electrons. The number of nitrogens with zero attached hydrogens (tertiary/aromatic N) is 3. The van der Waals surface area contributed by atoms with Gasteiger partial charge in [0, 0.05) is 53.0 Å². The number of halogens is 2. The van der Waals surface area contributed by atoms with E-state index in [0.29, 0.717) is 0 Å². The van der Waals surface area contributed by atoms with Crippen LogP contribution >= 0.6 is 27.5 Å². The van der Waals surface area contributed by atoms with Crippen molar-refractivity contribution in [3.63, 3.8) is 0 Å². The second-order valence-corrected chi connectivity index (χ2v) is 9.08. The van der Waals surface area contributed by atoms with Crippen molar-refractivity contribution in [1.29, 1.82) is 0 Å². The van der Waals surface area contributed by atoms with E-state index in [0.717, 1.165) is 65.4 Å². The molecule has 5 rings (SSSR count). The second kappa shape index (κ2) is 7.05. The second-order valence-electron chi connectivity index (χ2n) is 7.76. The topological polar surface area (TPSA) is 28.1 Å². The Hall–Kier alpha value is -1.56. The lowest BCUT2D eigenvalue weighted by atomic mass is 9.90. The number of hydrogen-bond acceptors (Lipinski definition) is 4. The highest BCUT2D eigenvalue weighted by atomic mass is 79.9. The van der Waals surface area contributed by atoms with Crippen molar-refractivity contribution < 1.29 is 4.74 Å². The first-order chi connectivity index (χ1) is 13.6. The highest BCUT2D eigenvalue weighted by Crippen LogP contribution is 2.50. The molecule has 0 bridgehead atoms. The van der Waals surface area contributed by atoms with Crippen LogP contribution in [0.4, 0.5) is 0 Å². The summed E-state index contributed by atoms with van der Waals surface area (Å²) in [6.45, 7) is 5.36. The van der Waals surface area contributed by atoms with Crippen molar-refractivity contribution in [2.24, 2.45) is 5.10 Å². The predicted octanol–water partition coefficient (Wildman–Crippen LogP) is 5.46. The molecule has 0 unspecified atom stereocenters. The minimum Gasteiger partial charge on any atom is -0.466 e. The highest BCUT2D eigenvalue weighted by Gasteiger charge is 2.51. The fraction of sp³-hybridized carbons (Fsp3) is 0.409. The number of piperidine rings is 1. The zero-order valence-electron chi connectivity index (χ0n) is 15.9. The summed E-state index contributed by atoms with van der Waals surface area (Å²) < 4.78 is 7.74. The number of benzene rings is 2. The van der Waals surface area contributed by atoms with E-state index in [1.54, 1.807) is 0 Å². The molecule has 0 amide bonds. The van der Waals surface area contributed by atoms with Crippen LogP contribution in [-0.2, 0) is 0 Å². The third kappa shape index (κ3) is 2.95. The molecule has 3 aliphatic rings. The van der Waals surface area contributed by atoms with E-state index in [9.17, 15) is 0 Å². The number of fused-ring (bicyclic) bond motifs is 4. The summed E-state index contributed by atoms with van der Waals surface area (Å²) in [7, 11) is 0. The van der Waals surface area contributed by atoms with Gasteiger partial charge in [-0.2, -0.15) is 5.10 Å². The molecule has 4 nitrogen and oxygen atoms in total. The van der Waals surface area contributed by atoms with Gasteiger partial charge in [0.25, 0.3) is 0 Å². The third-order valence-electron chi connectivity index (χ3n) is 6.23. The lowest BCUT2D eigenvalue weighted by molar-refractivity contribution is -0.149. The van der Waals surface area contributed by atoms with E-state index in [2.05, 4.69) is 57.0 Å². The monoisotopic (exact) mass is 459 g/mol. The molecule has 0 N–H and O–H groups in total. The molecule has 3 heterocycles. The Kier molecular flexibility index (Phi) is 4.65. The van der Waals surface area contributed by atoms with Crippen molar-refractivity contribution in [3.05, 3.63) is 63.1 Å². The molecule has 1 atom stereocenters. The third-order valence-corrected chi connectivity index (χ3v) is 7.05. The van der Waals surface area contributed by atoms with E-state index in [4.69, 9.17) is 21.4 Å². The SMILES string of the molecule is CCN1CCC2(CC1)Oc1ccc(Br)cc1[C@H]1CC(c3ccccc3Cl)=NN12. The molecule has 1 fully saturated rings. The summed E-state index contributed by atoms with van der Waals surface area (Å²) in [5.74, 6) is 0.991. The molecule has 6 heteroatoms. The van der Waals surface area contributed by atoms with Crippen LogP contribution in [0.25, 0.3) is 0 Å². The van der Waals surface area contributed by atoms with Gasteiger partial charge >= 0.3 is 0 Å². The first-order valence-electron chi connectivity index (χ1n) is 9.92. The van der Waals surface area contributed by atoms with Gasteiger partial charge in [-0.1, -0.05) is 52.7 Å². The van der Waals surface area contributed by atoms with E-state index in [1.807, 2.05) is 18.2 Å². The average Bonchev–Trinajstić information content (AvgIpc) is 3.16. The first-order valence-corrected chi connectivity index (χ1v) is 11.1. The Morgan fingerprint density at radius 3 is 2.75 bits per heavy atom. The summed E-state index contributed by atoms with van der Waals surface area (Å²) in [6.07, 6.45) is 2.74. The van der Waals surface area contributed by atoms with Crippen molar-refractivity contribution in [2.75, 3.05) is 19.6 Å². The molecule has 0 radical (unpaired) electrons. The number of hydrogen-bond donors (Lipinski definition) is 0. The predicted molar refractivity (Wildman–Crippen MR) is 116 cm³/mol. The van der Waals surface area contributed by atoms with Gasteiger partial charge in [0.05, 0.1) is 11.8 Å². The van der Waals surface area contributed by atoms with Crippen LogP contribution in [0, 0.1) is 0 Å². The lowest BCUT2D eigenvalue weighted by Gasteiger charge is -2.51. The van der Waals surface area contributed by atoms with Gasteiger partial charge in [-0.05, 0) is 30.8 Å². The van der Waals surface area contributed by atoms with E-state index in [-0.39, 0.29) is 11.8 Å². The number of rotatable bonds is 2. The van der Waals surface area contributed by atoms with E-state index in [1.165, 1.54) is 5.56 Å². The molecule has 1 saturated heterocycles. The standard InChI is InChI=1S/C22H23BrClN3O/c1-2-26-11-9-22(10-12-26)27-20(17-13-15(23)7-8-21(17)28-22)14-19(25-27)16-5-3-4-6-18(16)24/h3-8,13,20H,2,9-12,14H2,1H3/t20-/m1/s1. The molecule has 3 aliphatic heterocycles. The molecular weight excluding hydrogens is 438 g/mol. The summed E-state index contributed by atoms with van der Waals surface area (Å²) in [4.78, 5) is 2.48. The van der Waals surface area contributed by atoms with Crippen molar-refractivity contribution in [3.8, 4) is 5.75 Å². The summed E-state index contributed by atoms with van der Waals surface area (Å²) >= 11 is 10.1. The smallest absolute Gasteiger partial charge is 0.200 e. The van der Waals surface area contributed by atoms with Gasteiger partial charge < -0.3 is 9.64 Å². The van der Waals surface area contributed by atoms with Crippen molar-refractivity contribution in [2.45, 2.75) is 38.0 Å². The minimum absolute atomic E-state index is 0.181. The molecule has 2 aromatic rings. The fourth-order valence-electron chi connectivity index (χ4n) is 4.66. The largest absolute Gasteiger partial charge is 0.466 e. The molecular formula is C22H23BrClN3O. The Morgan fingerprint density at radius 1 is 1.21 bits per heavy atom. The normalized spacial score (nSPS) is 23.2. The molecule has 2 aromatic carbocycles. The number of ether oxygens (including phenoxy) is 1. The molecule has 1 spiro atoms. The van der Waals surface area contributed by atoms with Crippen LogP contribution in [0.5, 0.6) is 5.75 Å². The average molecular weight is 461 g/mol. The maximum absolute atomic E-state index is 6.67. The zero-order valence-corrected chi connectivity index (χ0v) is 18.2. The Labute approximate surface area is 179 Å². The summed E-state index contributed by atoms with van der Waals surface area (Å²) in [5.41, 5.74) is 2.89. The van der Waals surface area contributed by atoms with Gasteiger partial charge in [0.2, 0.25) is 5.72 Å². The first kappa shape index (κ1) is 18.5. The van der Waals surface area contributed by atoms with Crippen LogP contribution < -0.4 is 4.74 Å². The Balaban J connectivity index is 1.58. The van der Waals surface area contributed by atoms with E-state index < -0.39 is 0 Å². The van der Waals surface area contributed by atoms with Gasteiger partial charge in [0.1, 0.15) is 5.75 Å². The van der Waals surface area contributed by atoms with Crippen molar-refractivity contribution in [1.82, 2.24) is 9.91 Å². The van der Waals surface area contributed by atoms with Gasteiger partial charge in [-0.25, -0.2) is 5.01 Å². The number of hydrazone groups is 1. The quantitative estimate of drug-likeness (QED) is 0.596. The Morgan fingerprint density at radius 2 is 2.00 bits per heavy atom. The number of likely N-dealkylation sites (tertiary alicyclic amines) is 1. The van der Waals surface area contributed by atoms with Crippen LogP contribution in [0.2, 0.25) is 5.02 Å². The summed E-state index contributed by atoms with van der Waals surface area (Å²) in [6, 6.07) is 14.5. The maximum atomic E-state index is 6.67. The molecule has 28 heavy (non-hydrogen) atoms. The van der Waals surface area contributed by atoms with Gasteiger partial charge in [-0.3, -0.25) is 0 Å². The van der Waals surface area contributed by atoms with Crippen LogP contribution in [0.15, 0.2) is 52.0 Å². The van der Waals surface area contributed by atoms with Crippen LogP contribution in [0.1, 0.15) is 43.4 Å². The maximum Gasteiger partial charge on any atom is 0.200 e. The molecule has 0 aromatic heterocycles. The van der Waals surface area contributed by atoms with Gasteiger partial charge in [-0.15, -0.1) is 0 Å². The lowest BCUT2D eigenvalue weighted by Crippen LogP contribution is -2.59. The Bertz CT molecular complexity index is 939. The van der Waals surface area contributed by atoms with E-state index >= 15 is 0 Å². The highest BCUT2D eigenvalue weighted by molar-refractivity contribution is 9.10. The minimum atomic E-state index is -0.375. The van der Waals surface area contributed by atoms with Crippen LogP contribution in [0.3, 0.4) is 0 Å². The van der Waals surface area contributed by atoms with Crippen LogP contribution in [-0.4, -0.2) is 41.0 Å². The van der Waals surface area contributed by atoms with Crippen molar-refractivity contribution >= 4 is 33.2 Å². The zero-order chi connectivity index (χ0) is 19.3. The fourth-order valence-corrected chi connectivity index (χ4v) is 5.28. The molecule has 0 saturated carbocycles.